The highest BCUT2D eigenvalue weighted by atomic mass is 35.5. The molecule has 5 nitrogen and oxygen atoms in total. The molecule has 0 saturated carbocycles. The van der Waals surface area contributed by atoms with E-state index in [1.165, 1.54) is 18.2 Å². The largest absolute Gasteiger partial charge is 0.398 e. The van der Waals surface area contributed by atoms with E-state index in [-0.39, 0.29) is 5.69 Å². The quantitative estimate of drug-likeness (QED) is 0.388. The lowest BCUT2D eigenvalue weighted by molar-refractivity contribution is -0.384. The first kappa shape index (κ1) is 13.0. The molecular formula is C13H10ClN3O2. The molecular weight excluding hydrogens is 266 g/mol. The number of anilines is 1. The van der Waals surface area contributed by atoms with E-state index in [4.69, 9.17) is 22.7 Å². The molecule has 2 rings (SSSR count). The van der Waals surface area contributed by atoms with Gasteiger partial charge < -0.3 is 11.1 Å². The molecule has 0 bridgehead atoms. The summed E-state index contributed by atoms with van der Waals surface area (Å²) in [6.07, 6.45) is 1.11. The maximum atomic E-state index is 11.0. The van der Waals surface area contributed by atoms with Crippen LogP contribution in [0.4, 0.5) is 11.4 Å². The lowest BCUT2D eigenvalue weighted by Crippen LogP contribution is -1.95. The molecule has 0 aliphatic rings. The Labute approximate surface area is 114 Å². The second-order valence-electron chi connectivity index (χ2n) is 3.91. The Bertz CT molecular complexity index is 671. The van der Waals surface area contributed by atoms with Crippen LogP contribution in [0.5, 0.6) is 0 Å². The Morgan fingerprint density at radius 2 is 2.00 bits per heavy atom. The Morgan fingerprint density at radius 3 is 2.63 bits per heavy atom. The molecule has 0 heterocycles. The van der Waals surface area contributed by atoms with Crippen LogP contribution in [0.15, 0.2) is 36.4 Å². The van der Waals surface area contributed by atoms with Crippen LogP contribution in [-0.4, -0.2) is 11.1 Å². The van der Waals surface area contributed by atoms with Gasteiger partial charge in [-0.3, -0.25) is 10.1 Å². The van der Waals surface area contributed by atoms with Gasteiger partial charge in [-0.15, -0.1) is 0 Å². The van der Waals surface area contributed by atoms with Gasteiger partial charge in [0, 0.05) is 28.6 Å². The minimum absolute atomic E-state index is 0.0369. The first-order chi connectivity index (χ1) is 9.02. The fraction of sp³-hybridized carbons (Fsp3) is 0. The van der Waals surface area contributed by atoms with Crippen LogP contribution in [0, 0.1) is 15.5 Å². The molecule has 0 spiro atoms. The number of halogens is 1. The number of nitrogens with two attached hydrogens (primary N) is 1. The third kappa shape index (κ3) is 2.56. The van der Waals surface area contributed by atoms with E-state index in [1.807, 2.05) is 0 Å². The average molecular weight is 276 g/mol. The van der Waals surface area contributed by atoms with Gasteiger partial charge in [-0.05, 0) is 29.8 Å². The lowest BCUT2D eigenvalue weighted by atomic mass is 10.0. The van der Waals surface area contributed by atoms with Crippen molar-refractivity contribution in [3.8, 4) is 11.1 Å². The van der Waals surface area contributed by atoms with Crippen molar-refractivity contribution in [2.45, 2.75) is 0 Å². The third-order valence-corrected chi connectivity index (χ3v) is 2.94. The van der Waals surface area contributed by atoms with E-state index in [9.17, 15) is 10.1 Å². The number of rotatable bonds is 3. The highest BCUT2D eigenvalue weighted by molar-refractivity contribution is 6.31. The van der Waals surface area contributed by atoms with Crippen LogP contribution in [0.3, 0.4) is 0 Å². The Balaban J connectivity index is 2.67. The van der Waals surface area contributed by atoms with Gasteiger partial charge in [0.2, 0.25) is 0 Å². The number of nitrogens with zero attached hydrogens (tertiary/aromatic N) is 1. The Morgan fingerprint density at radius 1 is 1.26 bits per heavy atom. The van der Waals surface area contributed by atoms with Gasteiger partial charge in [0.15, 0.2) is 0 Å². The zero-order valence-corrected chi connectivity index (χ0v) is 10.5. The van der Waals surface area contributed by atoms with Gasteiger partial charge in [-0.2, -0.15) is 0 Å². The smallest absolute Gasteiger partial charge is 0.277 e. The first-order valence-electron chi connectivity index (χ1n) is 5.37. The molecule has 0 aromatic heterocycles. The minimum atomic E-state index is -0.466. The second kappa shape index (κ2) is 5.07. The summed E-state index contributed by atoms with van der Waals surface area (Å²) in [6, 6.07) is 9.26. The van der Waals surface area contributed by atoms with Crippen LogP contribution < -0.4 is 5.73 Å². The maximum Gasteiger partial charge on any atom is 0.277 e. The fourth-order valence-electron chi connectivity index (χ4n) is 1.77. The molecule has 2 aromatic rings. The van der Waals surface area contributed by atoms with Crippen LogP contribution in [-0.2, 0) is 0 Å². The van der Waals surface area contributed by atoms with Crippen molar-refractivity contribution in [2.24, 2.45) is 0 Å². The molecule has 3 N–H and O–H groups in total. The van der Waals surface area contributed by atoms with Crippen molar-refractivity contribution >= 4 is 29.2 Å². The molecule has 0 aliphatic carbocycles. The first-order valence-corrected chi connectivity index (χ1v) is 5.75. The zero-order valence-electron chi connectivity index (χ0n) is 9.76. The van der Waals surface area contributed by atoms with Crippen molar-refractivity contribution < 1.29 is 4.92 Å². The number of nitro groups is 1. The summed E-state index contributed by atoms with van der Waals surface area (Å²) in [5, 5.41) is 18.7. The topological polar surface area (TPSA) is 93.0 Å². The van der Waals surface area contributed by atoms with E-state index in [1.54, 1.807) is 18.2 Å². The summed E-state index contributed by atoms with van der Waals surface area (Å²) in [5.41, 5.74) is 7.61. The molecule has 0 aliphatic heterocycles. The number of hydrogen-bond donors (Lipinski definition) is 2. The van der Waals surface area contributed by atoms with Crippen molar-refractivity contribution in [3.63, 3.8) is 0 Å². The second-order valence-corrected chi connectivity index (χ2v) is 4.34. The number of nitro benzene ring substituents is 1. The molecule has 0 atom stereocenters. The highest BCUT2D eigenvalue weighted by Crippen LogP contribution is 2.33. The average Bonchev–Trinajstić information content (AvgIpc) is 2.38. The normalized spacial score (nSPS) is 10.2. The van der Waals surface area contributed by atoms with Gasteiger partial charge in [-0.25, -0.2) is 0 Å². The summed E-state index contributed by atoms with van der Waals surface area (Å²) in [4.78, 5) is 10.6. The van der Waals surface area contributed by atoms with Gasteiger partial charge in [0.05, 0.1) is 10.5 Å². The van der Waals surface area contributed by atoms with Crippen molar-refractivity contribution in [2.75, 3.05) is 5.73 Å². The monoisotopic (exact) mass is 275 g/mol. The van der Waals surface area contributed by atoms with E-state index < -0.39 is 4.92 Å². The van der Waals surface area contributed by atoms with E-state index >= 15 is 0 Å². The van der Waals surface area contributed by atoms with Gasteiger partial charge in [0.25, 0.3) is 5.69 Å². The molecule has 0 fully saturated rings. The summed E-state index contributed by atoms with van der Waals surface area (Å²) in [7, 11) is 0. The van der Waals surface area contributed by atoms with Crippen LogP contribution >= 0.6 is 11.6 Å². The standard InChI is InChI=1S/C13H10ClN3O2/c14-10-2-4-13(17(18)19)11(6-10)8-1-3-12(16)9(5-8)7-15/h1-7,15H,16H2. The van der Waals surface area contributed by atoms with E-state index in [2.05, 4.69) is 0 Å². The van der Waals surface area contributed by atoms with Crippen molar-refractivity contribution in [1.82, 2.24) is 0 Å². The highest BCUT2D eigenvalue weighted by Gasteiger charge is 2.16. The van der Waals surface area contributed by atoms with E-state index in [0.29, 0.717) is 27.4 Å². The molecule has 2 aromatic carbocycles. The van der Waals surface area contributed by atoms with Crippen LogP contribution in [0.2, 0.25) is 5.02 Å². The SMILES string of the molecule is N=Cc1cc(-c2cc(Cl)ccc2[N+](=O)[O-])ccc1N. The molecule has 0 unspecified atom stereocenters. The predicted molar refractivity (Wildman–Crippen MR) is 75.8 cm³/mol. The number of benzene rings is 2. The molecule has 96 valence electrons. The van der Waals surface area contributed by atoms with Crippen LogP contribution in [0.1, 0.15) is 5.56 Å². The molecule has 19 heavy (non-hydrogen) atoms. The van der Waals surface area contributed by atoms with E-state index in [0.717, 1.165) is 6.21 Å². The van der Waals surface area contributed by atoms with Crippen LogP contribution in [0.25, 0.3) is 11.1 Å². The Kier molecular flexibility index (Phi) is 3.48. The number of nitrogens with one attached hydrogen (secondary N) is 1. The maximum absolute atomic E-state index is 11.0. The molecule has 0 radical (unpaired) electrons. The summed E-state index contributed by atoms with van der Waals surface area (Å²) in [6.45, 7) is 0. The molecule has 6 heteroatoms. The molecule has 0 saturated heterocycles. The Hall–Kier alpha value is -2.40. The number of hydrogen-bond acceptors (Lipinski definition) is 4. The number of nitrogen functional groups attached to an aromatic ring is 1. The summed E-state index contributed by atoms with van der Waals surface area (Å²) in [5.74, 6) is 0. The third-order valence-electron chi connectivity index (χ3n) is 2.71. The van der Waals surface area contributed by atoms with Gasteiger partial charge in [0.1, 0.15) is 0 Å². The molecule has 0 amide bonds. The fourth-order valence-corrected chi connectivity index (χ4v) is 1.94. The zero-order chi connectivity index (χ0) is 14.0. The summed E-state index contributed by atoms with van der Waals surface area (Å²) < 4.78 is 0. The van der Waals surface area contributed by atoms with Gasteiger partial charge >= 0.3 is 0 Å². The predicted octanol–water partition coefficient (Wildman–Crippen LogP) is 3.50. The van der Waals surface area contributed by atoms with Gasteiger partial charge in [-0.1, -0.05) is 17.7 Å². The van der Waals surface area contributed by atoms with Crippen molar-refractivity contribution in [3.05, 3.63) is 57.1 Å². The summed E-state index contributed by atoms with van der Waals surface area (Å²) >= 11 is 5.88. The minimum Gasteiger partial charge on any atom is -0.398 e. The van der Waals surface area contributed by atoms with Crippen molar-refractivity contribution in [1.29, 1.82) is 5.41 Å². The lowest BCUT2D eigenvalue weighted by Gasteiger charge is -2.06.